The Kier molecular flexibility index (Phi) is 8.68. The first-order valence-electron chi connectivity index (χ1n) is 7.07. The number of aliphatic imine (C=N–C) groups is 1. The highest BCUT2D eigenvalue weighted by molar-refractivity contribution is 8.13. The molecule has 2 rings (SSSR count). The summed E-state index contributed by atoms with van der Waals surface area (Å²) in [5, 5.41) is 1.17. The van der Waals surface area contributed by atoms with Gasteiger partial charge in [0.2, 0.25) is 0 Å². The van der Waals surface area contributed by atoms with E-state index >= 15 is 0 Å². The summed E-state index contributed by atoms with van der Waals surface area (Å²) in [6, 6.07) is 14.4. The van der Waals surface area contributed by atoms with Gasteiger partial charge < -0.3 is 22.9 Å². The number of rotatable bonds is 5. The van der Waals surface area contributed by atoms with Crippen molar-refractivity contribution in [1.82, 2.24) is 0 Å². The summed E-state index contributed by atoms with van der Waals surface area (Å²) >= 11 is 7.29. The molecule has 0 aliphatic rings. The summed E-state index contributed by atoms with van der Waals surface area (Å²) in [6.45, 7) is 2.13. The van der Waals surface area contributed by atoms with E-state index in [1.807, 2.05) is 24.3 Å². The van der Waals surface area contributed by atoms with Gasteiger partial charge in [0.05, 0.1) is 17.9 Å². The third-order valence-corrected chi connectivity index (χ3v) is 4.03. The van der Waals surface area contributed by atoms with Gasteiger partial charge in [-0.15, -0.1) is 0 Å². The monoisotopic (exact) mass is 383 g/mol. The van der Waals surface area contributed by atoms with Gasteiger partial charge in [-0.25, -0.2) is 9.79 Å². The zero-order valence-corrected chi connectivity index (χ0v) is 15.4. The van der Waals surface area contributed by atoms with Gasteiger partial charge in [0.15, 0.2) is 5.17 Å². The van der Waals surface area contributed by atoms with Crippen LogP contribution < -0.4 is 18.1 Å². The second-order valence-electron chi connectivity index (χ2n) is 4.63. The lowest BCUT2D eigenvalue weighted by Crippen LogP contribution is -3.00. The molecule has 24 heavy (non-hydrogen) atoms. The normalized spacial score (nSPS) is 10.8. The summed E-state index contributed by atoms with van der Waals surface area (Å²) in [6.07, 6.45) is 0. The van der Waals surface area contributed by atoms with Gasteiger partial charge >= 0.3 is 5.97 Å². The highest BCUT2D eigenvalue weighted by atomic mass is 35.5. The average molecular weight is 384 g/mol. The molecule has 0 saturated heterocycles. The third kappa shape index (κ3) is 6.43. The SMILES string of the molecule is CCOC(=O)c1ccc(N=C(N)SCc2ccc(Cl)cc2)cc1.[Cl-]. The van der Waals surface area contributed by atoms with E-state index in [1.165, 1.54) is 11.8 Å². The maximum Gasteiger partial charge on any atom is 0.338 e. The first-order valence-corrected chi connectivity index (χ1v) is 8.43. The predicted octanol–water partition coefficient (Wildman–Crippen LogP) is 1.40. The molecule has 2 N–H and O–H groups in total. The molecule has 0 aliphatic heterocycles. The molecule has 0 bridgehead atoms. The smallest absolute Gasteiger partial charge is 0.338 e. The Morgan fingerprint density at radius 3 is 2.38 bits per heavy atom. The van der Waals surface area contributed by atoms with Crippen LogP contribution in [0.3, 0.4) is 0 Å². The number of thioether (sulfide) groups is 1. The van der Waals surface area contributed by atoms with E-state index < -0.39 is 0 Å². The number of carbonyl (C=O) groups is 1. The van der Waals surface area contributed by atoms with Crippen LogP contribution in [-0.4, -0.2) is 17.7 Å². The molecule has 7 heteroatoms. The van der Waals surface area contributed by atoms with Crippen molar-refractivity contribution < 1.29 is 21.9 Å². The molecule has 0 radical (unpaired) electrons. The number of esters is 1. The van der Waals surface area contributed by atoms with Crippen molar-refractivity contribution in [2.24, 2.45) is 10.7 Å². The molecule has 0 amide bonds. The van der Waals surface area contributed by atoms with Crippen LogP contribution in [-0.2, 0) is 10.5 Å². The van der Waals surface area contributed by atoms with Crippen LogP contribution in [0.5, 0.6) is 0 Å². The summed E-state index contributed by atoms with van der Waals surface area (Å²) in [5.74, 6) is 0.376. The molecule has 0 aliphatic carbocycles. The molecular formula is C17H17Cl2N2O2S-. The van der Waals surface area contributed by atoms with Crippen LogP contribution in [0, 0.1) is 0 Å². The fourth-order valence-corrected chi connectivity index (χ4v) is 2.59. The molecule has 0 aromatic heterocycles. The maximum atomic E-state index is 11.6. The van der Waals surface area contributed by atoms with E-state index in [9.17, 15) is 4.79 Å². The van der Waals surface area contributed by atoms with Crippen LogP contribution in [0.4, 0.5) is 5.69 Å². The lowest BCUT2D eigenvalue weighted by molar-refractivity contribution is -0.0000227. The van der Waals surface area contributed by atoms with E-state index in [0.717, 1.165) is 5.56 Å². The Hall–Kier alpha value is -1.69. The van der Waals surface area contributed by atoms with Gasteiger partial charge in [-0.2, -0.15) is 0 Å². The molecule has 128 valence electrons. The van der Waals surface area contributed by atoms with E-state index in [1.54, 1.807) is 31.2 Å². The first kappa shape index (κ1) is 20.4. The Morgan fingerprint density at radius 2 is 1.79 bits per heavy atom. The highest BCUT2D eigenvalue weighted by Crippen LogP contribution is 2.19. The van der Waals surface area contributed by atoms with Crippen molar-refractivity contribution in [3.8, 4) is 0 Å². The lowest BCUT2D eigenvalue weighted by Gasteiger charge is -2.03. The van der Waals surface area contributed by atoms with Crippen molar-refractivity contribution in [3.63, 3.8) is 0 Å². The summed E-state index contributed by atoms with van der Waals surface area (Å²) in [5.41, 5.74) is 8.24. The van der Waals surface area contributed by atoms with E-state index in [4.69, 9.17) is 22.1 Å². The number of hydrogen-bond acceptors (Lipinski definition) is 4. The molecule has 0 saturated carbocycles. The number of halogens is 2. The first-order chi connectivity index (χ1) is 11.1. The minimum Gasteiger partial charge on any atom is -1.00 e. The fourth-order valence-electron chi connectivity index (χ4n) is 1.78. The number of ether oxygens (including phenoxy) is 1. The van der Waals surface area contributed by atoms with E-state index in [0.29, 0.717) is 33.8 Å². The largest absolute Gasteiger partial charge is 1.00 e. The maximum absolute atomic E-state index is 11.6. The Labute approximate surface area is 156 Å². The summed E-state index contributed by atoms with van der Waals surface area (Å²) in [7, 11) is 0. The standard InChI is InChI=1S/C17H17ClN2O2S.ClH/c1-2-22-16(21)13-5-9-15(10-6-13)20-17(19)23-11-12-3-7-14(18)8-4-12;/h3-10H,2,11H2,1H3,(H2,19,20);1H/p-1. The Morgan fingerprint density at radius 1 is 1.17 bits per heavy atom. The predicted molar refractivity (Wildman–Crippen MR) is 96.4 cm³/mol. The van der Waals surface area contributed by atoms with Crippen LogP contribution in [0.2, 0.25) is 5.02 Å². The lowest BCUT2D eigenvalue weighted by atomic mass is 10.2. The number of nitrogens with two attached hydrogens (primary N) is 1. The van der Waals surface area contributed by atoms with Crippen LogP contribution in [0.15, 0.2) is 53.5 Å². The van der Waals surface area contributed by atoms with Gasteiger partial charge in [0.1, 0.15) is 0 Å². The Bertz CT molecular complexity index is 689. The van der Waals surface area contributed by atoms with Crippen LogP contribution >= 0.6 is 23.4 Å². The summed E-state index contributed by atoms with van der Waals surface area (Å²) < 4.78 is 4.93. The van der Waals surface area contributed by atoms with Gasteiger partial charge in [-0.05, 0) is 48.9 Å². The van der Waals surface area contributed by atoms with Crippen molar-refractivity contribution in [2.45, 2.75) is 12.7 Å². The third-order valence-electron chi connectivity index (χ3n) is 2.92. The fraction of sp³-hybridized carbons (Fsp3) is 0.176. The molecule has 0 atom stereocenters. The number of nitrogens with zero attached hydrogens (tertiary/aromatic N) is 1. The molecule has 4 nitrogen and oxygen atoms in total. The van der Waals surface area contributed by atoms with Gasteiger partial charge in [-0.3, -0.25) is 0 Å². The average Bonchev–Trinajstić information content (AvgIpc) is 2.55. The zero-order chi connectivity index (χ0) is 16.7. The van der Waals surface area contributed by atoms with Gasteiger partial charge in [-0.1, -0.05) is 35.5 Å². The molecule has 0 heterocycles. The molecule has 0 unspecified atom stereocenters. The second-order valence-corrected chi connectivity index (χ2v) is 6.06. The Balaban J connectivity index is 0.00000288. The molecule has 0 spiro atoms. The molecule has 2 aromatic carbocycles. The van der Waals surface area contributed by atoms with Crippen molar-refractivity contribution in [1.29, 1.82) is 0 Å². The number of amidine groups is 1. The molecule has 0 fully saturated rings. The highest BCUT2D eigenvalue weighted by Gasteiger charge is 2.05. The topological polar surface area (TPSA) is 64.7 Å². The molecular weight excluding hydrogens is 367 g/mol. The molecule has 2 aromatic rings. The minimum absolute atomic E-state index is 0. The van der Waals surface area contributed by atoms with Crippen molar-refractivity contribution in [3.05, 3.63) is 64.7 Å². The van der Waals surface area contributed by atoms with Crippen molar-refractivity contribution in [2.75, 3.05) is 6.61 Å². The zero-order valence-electron chi connectivity index (χ0n) is 13.0. The second kappa shape index (κ2) is 10.2. The minimum atomic E-state index is -0.340. The van der Waals surface area contributed by atoms with Crippen LogP contribution in [0.1, 0.15) is 22.8 Å². The summed E-state index contributed by atoms with van der Waals surface area (Å²) in [4.78, 5) is 15.9. The van der Waals surface area contributed by atoms with E-state index in [-0.39, 0.29) is 18.4 Å². The van der Waals surface area contributed by atoms with Crippen LogP contribution in [0.25, 0.3) is 0 Å². The van der Waals surface area contributed by atoms with Gasteiger partial charge in [0.25, 0.3) is 0 Å². The van der Waals surface area contributed by atoms with Crippen molar-refractivity contribution >= 4 is 40.2 Å². The quantitative estimate of drug-likeness (QED) is 0.481. The van der Waals surface area contributed by atoms with E-state index in [2.05, 4.69) is 4.99 Å². The number of benzene rings is 2. The number of carbonyl (C=O) groups excluding carboxylic acids is 1. The van der Waals surface area contributed by atoms with Gasteiger partial charge in [0, 0.05) is 10.8 Å². The number of hydrogen-bond donors (Lipinski definition) is 1.